The predicted molar refractivity (Wildman–Crippen MR) is 66.8 cm³/mol. The maximum atomic E-state index is 12.2. The standard InChI is InChI=1S/C13H15BrO2/c1-9-8-11(2-3-12(9)14)13(15)10-4-6-16-7-5-10/h2-3,8,10H,4-7H2,1H3. The van der Waals surface area contributed by atoms with E-state index in [2.05, 4.69) is 15.9 Å². The normalized spacial score (nSPS) is 17.4. The first kappa shape index (κ1) is 11.8. The Bertz CT molecular complexity index is 395. The third kappa shape index (κ3) is 2.53. The molecule has 16 heavy (non-hydrogen) atoms. The number of carbonyl (C=O) groups excluding carboxylic acids is 1. The van der Waals surface area contributed by atoms with Crippen LogP contribution in [0.2, 0.25) is 0 Å². The first-order chi connectivity index (χ1) is 7.68. The van der Waals surface area contributed by atoms with Crippen molar-refractivity contribution in [3.05, 3.63) is 33.8 Å². The molecule has 3 heteroatoms. The molecule has 1 saturated heterocycles. The highest BCUT2D eigenvalue weighted by molar-refractivity contribution is 9.10. The molecule has 0 aromatic heterocycles. The van der Waals surface area contributed by atoms with Crippen LogP contribution in [0.1, 0.15) is 28.8 Å². The van der Waals surface area contributed by atoms with Crippen molar-refractivity contribution in [2.75, 3.05) is 13.2 Å². The predicted octanol–water partition coefficient (Wildman–Crippen LogP) is 3.37. The van der Waals surface area contributed by atoms with Gasteiger partial charge in [0.2, 0.25) is 0 Å². The van der Waals surface area contributed by atoms with Gasteiger partial charge in [0.25, 0.3) is 0 Å². The van der Waals surface area contributed by atoms with E-state index in [-0.39, 0.29) is 11.7 Å². The molecule has 0 atom stereocenters. The maximum Gasteiger partial charge on any atom is 0.166 e. The Kier molecular flexibility index (Phi) is 3.77. The second-order valence-corrected chi connectivity index (χ2v) is 5.07. The molecule has 0 amide bonds. The fourth-order valence-corrected chi connectivity index (χ4v) is 2.24. The number of benzene rings is 1. The molecule has 0 N–H and O–H groups in total. The van der Waals surface area contributed by atoms with Gasteiger partial charge in [0.15, 0.2) is 5.78 Å². The van der Waals surface area contributed by atoms with Crippen LogP contribution in [0.15, 0.2) is 22.7 Å². The Morgan fingerprint density at radius 1 is 1.38 bits per heavy atom. The van der Waals surface area contributed by atoms with Gasteiger partial charge in [-0.25, -0.2) is 0 Å². The zero-order chi connectivity index (χ0) is 11.5. The van der Waals surface area contributed by atoms with E-state index in [0.29, 0.717) is 13.2 Å². The molecule has 0 saturated carbocycles. The van der Waals surface area contributed by atoms with Gasteiger partial charge in [0.1, 0.15) is 0 Å². The number of hydrogen-bond acceptors (Lipinski definition) is 2. The molecule has 86 valence electrons. The number of hydrogen-bond donors (Lipinski definition) is 0. The summed E-state index contributed by atoms with van der Waals surface area (Å²) < 4.78 is 6.32. The molecule has 0 aliphatic carbocycles. The van der Waals surface area contributed by atoms with Gasteiger partial charge in [-0.2, -0.15) is 0 Å². The Morgan fingerprint density at radius 2 is 2.06 bits per heavy atom. The first-order valence-corrected chi connectivity index (χ1v) is 6.36. The minimum absolute atomic E-state index is 0.148. The van der Waals surface area contributed by atoms with Crippen molar-refractivity contribution in [1.82, 2.24) is 0 Å². The summed E-state index contributed by atoms with van der Waals surface area (Å²) in [6, 6.07) is 5.80. The second kappa shape index (κ2) is 5.11. The minimum atomic E-state index is 0.148. The summed E-state index contributed by atoms with van der Waals surface area (Å²) in [7, 11) is 0. The molecule has 1 heterocycles. The van der Waals surface area contributed by atoms with Crippen LogP contribution in [0, 0.1) is 12.8 Å². The van der Waals surface area contributed by atoms with Gasteiger partial charge < -0.3 is 4.74 Å². The Labute approximate surface area is 104 Å². The molecule has 0 unspecified atom stereocenters. The van der Waals surface area contributed by atoms with Gasteiger partial charge in [-0.1, -0.05) is 22.0 Å². The summed E-state index contributed by atoms with van der Waals surface area (Å²) in [5.41, 5.74) is 1.94. The molecule has 1 fully saturated rings. The highest BCUT2D eigenvalue weighted by Crippen LogP contribution is 2.23. The van der Waals surface area contributed by atoms with Crippen LogP contribution in [0.4, 0.5) is 0 Å². The summed E-state index contributed by atoms with van der Waals surface area (Å²) >= 11 is 3.44. The van der Waals surface area contributed by atoms with Gasteiger partial charge in [-0.3, -0.25) is 4.79 Å². The van der Waals surface area contributed by atoms with E-state index in [9.17, 15) is 4.79 Å². The topological polar surface area (TPSA) is 26.3 Å². The summed E-state index contributed by atoms with van der Waals surface area (Å²) in [5.74, 6) is 0.410. The molecule has 2 nitrogen and oxygen atoms in total. The number of halogens is 1. The van der Waals surface area contributed by atoms with Gasteiger partial charge >= 0.3 is 0 Å². The fraction of sp³-hybridized carbons (Fsp3) is 0.462. The molecular formula is C13H15BrO2. The monoisotopic (exact) mass is 282 g/mol. The van der Waals surface area contributed by atoms with Crippen molar-refractivity contribution in [1.29, 1.82) is 0 Å². The van der Waals surface area contributed by atoms with Crippen molar-refractivity contribution in [3.8, 4) is 0 Å². The van der Waals surface area contributed by atoms with Crippen LogP contribution in [0.25, 0.3) is 0 Å². The zero-order valence-electron chi connectivity index (χ0n) is 9.33. The number of carbonyl (C=O) groups is 1. The highest BCUT2D eigenvalue weighted by atomic mass is 79.9. The summed E-state index contributed by atoms with van der Waals surface area (Å²) in [5, 5.41) is 0. The number of rotatable bonds is 2. The van der Waals surface area contributed by atoms with Gasteiger partial charge in [0.05, 0.1) is 0 Å². The van der Waals surface area contributed by atoms with Crippen molar-refractivity contribution in [3.63, 3.8) is 0 Å². The molecule has 0 spiro atoms. The Morgan fingerprint density at radius 3 is 2.69 bits per heavy atom. The molecule has 1 aromatic rings. The van der Waals surface area contributed by atoms with E-state index < -0.39 is 0 Å². The van der Waals surface area contributed by atoms with Crippen molar-refractivity contribution in [2.45, 2.75) is 19.8 Å². The van der Waals surface area contributed by atoms with Crippen LogP contribution < -0.4 is 0 Å². The molecular weight excluding hydrogens is 268 g/mol. The van der Waals surface area contributed by atoms with Gasteiger partial charge in [-0.15, -0.1) is 0 Å². The number of Topliss-reactive ketones (excluding diaryl/α,β-unsaturated/α-hetero) is 1. The molecule has 2 rings (SSSR count). The Balaban J connectivity index is 2.16. The second-order valence-electron chi connectivity index (χ2n) is 4.21. The van der Waals surface area contributed by atoms with Gasteiger partial charge in [0, 0.05) is 29.2 Å². The van der Waals surface area contributed by atoms with Crippen LogP contribution in [0.3, 0.4) is 0 Å². The number of aryl methyl sites for hydroxylation is 1. The van der Waals surface area contributed by atoms with E-state index in [0.717, 1.165) is 28.4 Å². The van der Waals surface area contributed by atoms with Crippen LogP contribution in [0.5, 0.6) is 0 Å². The van der Waals surface area contributed by atoms with Gasteiger partial charge in [-0.05, 0) is 37.5 Å². The smallest absolute Gasteiger partial charge is 0.166 e. The molecule has 0 radical (unpaired) electrons. The first-order valence-electron chi connectivity index (χ1n) is 5.56. The highest BCUT2D eigenvalue weighted by Gasteiger charge is 2.22. The fourth-order valence-electron chi connectivity index (χ4n) is 1.99. The minimum Gasteiger partial charge on any atom is -0.381 e. The third-order valence-electron chi connectivity index (χ3n) is 3.03. The number of ether oxygens (including phenoxy) is 1. The van der Waals surface area contributed by atoms with Crippen molar-refractivity contribution < 1.29 is 9.53 Å². The van der Waals surface area contributed by atoms with E-state index >= 15 is 0 Å². The van der Waals surface area contributed by atoms with E-state index in [4.69, 9.17) is 4.74 Å². The van der Waals surface area contributed by atoms with E-state index in [1.807, 2.05) is 25.1 Å². The molecule has 1 aliphatic rings. The van der Waals surface area contributed by atoms with Crippen molar-refractivity contribution in [2.24, 2.45) is 5.92 Å². The number of ketones is 1. The van der Waals surface area contributed by atoms with Crippen LogP contribution in [-0.4, -0.2) is 19.0 Å². The SMILES string of the molecule is Cc1cc(C(=O)C2CCOCC2)ccc1Br. The lowest BCUT2D eigenvalue weighted by atomic mass is 9.90. The summed E-state index contributed by atoms with van der Waals surface area (Å²) in [6.07, 6.45) is 1.71. The molecule has 0 bridgehead atoms. The summed E-state index contributed by atoms with van der Waals surface area (Å²) in [4.78, 5) is 12.2. The van der Waals surface area contributed by atoms with Crippen LogP contribution >= 0.6 is 15.9 Å². The van der Waals surface area contributed by atoms with E-state index in [1.165, 1.54) is 0 Å². The Hall–Kier alpha value is -0.670. The summed E-state index contributed by atoms with van der Waals surface area (Å²) in [6.45, 7) is 3.43. The average molecular weight is 283 g/mol. The molecule has 1 aliphatic heterocycles. The van der Waals surface area contributed by atoms with Crippen molar-refractivity contribution >= 4 is 21.7 Å². The largest absolute Gasteiger partial charge is 0.381 e. The van der Waals surface area contributed by atoms with E-state index in [1.54, 1.807) is 0 Å². The van der Waals surface area contributed by atoms with Crippen LogP contribution in [-0.2, 0) is 4.74 Å². The lowest BCUT2D eigenvalue weighted by Crippen LogP contribution is -2.23. The maximum absolute atomic E-state index is 12.2. The lowest BCUT2D eigenvalue weighted by Gasteiger charge is -2.21. The molecule has 1 aromatic carbocycles. The third-order valence-corrected chi connectivity index (χ3v) is 3.92. The zero-order valence-corrected chi connectivity index (χ0v) is 10.9. The quantitative estimate of drug-likeness (QED) is 0.778. The average Bonchev–Trinajstić information content (AvgIpc) is 2.33. The lowest BCUT2D eigenvalue weighted by molar-refractivity contribution is 0.0545.